The van der Waals surface area contributed by atoms with E-state index in [1.807, 2.05) is 0 Å². The van der Waals surface area contributed by atoms with Crippen LogP contribution in [0, 0.1) is 6.92 Å². The maximum absolute atomic E-state index is 11.4. The minimum absolute atomic E-state index is 0.101. The summed E-state index contributed by atoms with van der Waals surface area (Å²) in [6.07, 6.45) is -0.943. The average molecular weight is 313 g/mol. The first-order valence-electron chi connectivity index (χ1n) is 5.69. The van der Waals surface area contributed by atoms with Gasteiger partial charge < -0.3 is 25.1 Å². The molecular formula is C10H12BN3O6S. The van der Waals surface area contributed by atoms with Crippen molar-refractivity contribution in [2.24, 2.45) is 5.16 Å². The Hall–Kier alpha value is -2.27. The Kier molecular flexibility index (Phi) is 6.49. The van der Waals surface area contributed by atoms with Crippen LogP contribution >= 0.6 is 11.3 Å². The van der Waals surface area contributed by atoms with Crippen LogP contribution < -0.4 is 5.32 Å². The van der Waals surface area contributed by atoms with Crippen LogP contribution in [-0.4, -0.2) is 59.0 Å². The summed E-state index contributed by atoms with van der Waals surface area (Å²) in [5, 5.41) is 25.6. The average Bonchev–Trinajstić information content (AvgIpc) is 2.87. The van der Waals surface area contributed by atoms with Crippen LogP contribution in [0.1, 0.15) is 10.7 Å². The molecule has 0 fully saturated rings. The second-order valence-electron chi connectivity index (χ2n) is 3.74. The maximum Gasteiger partial charge on any atom is 0.360 e. The monoisotopic (exact) mass is 313 g/mol. The van der Waals surface area contributed by atoms with Gasteiger partial charge in [0.25, 0.3) is 0 Å². The zero-order valence-corrected chi connectivity index (χ0v) is 11.8. The Labute approximate surface area is 123 Å². The third-order valence-electron chi connectivity index (χ3n) is 2.24. The molecule has 0 aromatic carbocycles. The number of nitrogens with zero attached hydrogens (tertiary/aromatic N) is 2. The number of amides is 1. The number of aliphatic carboxylic acids is 1. The summed E-state index contributed by atoms with van der Waals surface area (Å²) in [5.41, 5.74) is -1.11. The van der Waals surface area contributed by atoms with Crippen LogP contribution in [0.25, 0.3) is 0 Å². The van der Waals surface area contributed by atoms with E-state index >= 15 is 0 Å². The number of aryl methyl sites for hydroxylation is 1. The van der Waals surface area contributed by atoms with E-state index in [4.69, 9.17) is 15.0 Å². The molecule has 11 heteroatoms. The van der Waals surface area contributed by atoms with Crippen LogP contribution in [0.4, 0.5) is 0 Å². The Morgan fingerprint density at radius 3 is 2.86 bits per heavy atom. The third kappa shape index (κ3) is 4.97. The minimum Gasteiger partial charge on any atom is -0.476 e. The summed E-state index contributed by atoms with van der Waals surface area (Å²) in [7, 11) is -0.820. The number of carboxylic acids is 1. The van der Waals surface area contributed by atoms with E-state index in [9.17, 15) is 14.4 Å². The fourth-order valence-electron chi connectivity index (χ4n) is 1.25. The van der Waals surface area contributed by atoms with Crippen molar-refractivity contribution in [1.29, 1.82) is 0 Å². The van der Waals surface area contributed by atoms with Gasteiger partial charge >= 0.3 is 13.5 Å². The van der Waals surface area contributed by atoms with Gasteiger partial charge in [-0.05, 0) is 6.92 Å². The number of aromatic nitrogens is 1. The summed E-state index contributed by atoms with van der Waals surface area (Å²) in [5.74, 6) is -1.38. The molecule has 0 spiro atoms. The van der Waals surface area contributed by atoms with Crippen molar-refractivity contribution < 1.29 is 29.4 Å². The predicted molar refractivity (Wildman–Crippen MR) is 74.3 cm³/mol. The molecule has 112 valence electrons. The topological polar surface area (TPSA) is 138 Å². The smallest absolute Gasteiger partial charge is 0.360 e. The molecule has 0 saturated heterocycles. The van der Waals surface area contributed by atoms with E-state index in [0.29, 0.717) is 11.4 Å². The molecular weight excluding hydrogens is 301 g/mol. The highest BCUT2D eigenvalue weighted by Gasteiger charge is 2.22. The molecule has 0 aliphatic rings. The molecule has 0 aliphatic carbocycles. The Bertz CT molecular complexity index is 561. The lowest BCUT2D eigenvalue weighted by molar-refractivity contribution is -0.130. The van der Waals surface area contributed by atoms with E-state index in [2.05, 4.69) is 15.5 Å². The van der Waals surface area contributed by atoms with Crippen LogP contribution in [0.5, 0.6) is 0 Å². The highest BCUT2D eigenvalue weighted by molar-refractivity contribution is 7.09. The van der Waals surface area contributed by atoms with Crippen molar-refractivity contribution in [3.05, 3.63) is 16.1 Å². The molecule has 0 saturated carbocycles. The van der Waals surface area contributed by atoms with E-state index in [-0.39, 0.29) is 12.2 Å². The van der Waals surface area contributed by atoms with E-state index in [1.54, 1.807) is 6.92 Å². The van der Waals surface area contributed by atoms with Gasteiger partial charge in [0.2, 0.25) is 12.1 Å². The number of hydrogen-bond donors (Lipinski definition) is 3. The molecule has 0 unspecified atom stereocenters. The number of carbonyl (C=O) groups is 3. The SMILES string of the molecule is Cc1nc(/C(=N/O[C@@H](CNC=O)C(=O)BO)C(=O)O)cs1. The first-order valence-corrected chi connectivity index (χ1v) is 6.57. The summed E-state index contributed by atoms with van der Waals surface area (Å²) in [6.45, 7) is 1.45. The van der Waals surface area contributed by atoms with Gasteiger partial charge in [0.05, 0.1) is 11.6 Å². The van der Waals surface area contributed by atoms with Gasteiger partial charge in [0.15, 0.2) is 11.8 Å². The number of nitrogens with one attached hydrogen (secondary N) is 1. The molecule has 0 aliphatic heterocycles. The van der Waals surface area contributed by atoms with Crippen LogP contribution in [-0.2, 0) is 19.2 Å². The summed E-state index contributed by atoms with van der Waals surface area (Å²) >= 11 is 1.23. The Morgan fingerprint density at radius 2 is 2.38 bits per heavy atom. The van der Waals surface area contributed by atoms with Crippen molar-refractivity contribution in [2.45, 2.75) is 13.0 Å². The normalized spacial score (nSPS) is 12.4. The highest BCUT2D eigenvalue weighted by Crippen LogP contribution is 2.10. The molecule has 1 amide bonds. The van der Waals surface area contributed by atoms with Crippen molar-refractivity contribution >= 4 is 42.6 Å². The van der Waals surface area contributed by atoms with Crippen LogP contribution in [0.15, 0.2) is 10.5 Å². The molecule has 21 heavy (non-hydrogen) atoms. The van der Waals surface area contributed by atoms with Gasteiger partial charge in [-0.1, -0.05) is 5.16 Å². The number of hydrogen-bond acceptors (Lipinski definition) is 8. The zero-order valence-electron chi connectivity index (χ0n) is 11.0. The summed E-state index contributed by atoms with van der Waals surface area (Å²) < 4.78 is 0. The number of oxime groups is 1. The van der Waals surface area contributed by atoms with Gasteiger partial charge in [-0.3, -0.25) is 4.79 Å². The first kappa shape index (κ1) is 16.8. The number of rotatable bonds is 9. The first-order chi connectivity index (χ1) is 9.99. The summed E-state index contributed by atoms with van der Waals surface area (Å²) in [6, 6.07) is 0. The van der Waals surface area contributed by atoms with Gasteiger partial charge in [0, 0.05) is 5.38 Å². The molecule has 1 rings (SSSR count). The van der Waals surface area contributed by atoms with E-state index in [1.165, 1.54) is 16.7 Å². The third-order valence-corrected chi connectivity index (χ3v) is 3.01. The van der Waals surface area contributed by atoms with Crippen molar-refractivity contribution in [3.63, 3.8) is 0 Å². The standard InChI is InChI=1S/C10H12BN3O6S/c1-5-13-6(3-21-5)8(10(17)18)14-20-7(2-12-4-15)9(16)11-19/h3-4,7,11,19H,2H2,1H3,(H,12,15)(H,17,18)/b14-8-/t7-/m0/s1. The largest absolute Gasteiger partial charge is 0.476 e. The molecule has 0 radical (unpaired) electrons. The minimum atomic E-state index is -1.38. The fraction of sp³-hybridized carbons (Fsp3) is 0.300. The highest BCUT2D eigenvalue weighted by atomic mass is 32.1. The van der Waals surface area contributed by atoms with Gasteiger partial charge in [-0.2, -0.15) is 0 Å². The second kappa shape index (κ2) is 8.12. The van der Waals surface area contributed by atoms with E-state index < -0.39 is 30.9 Å². The Balaban J connectivity index is 2.91. The summed E-state index contributed by atoms with van der Waals surface area (Å²) in [4.78, 5) is 41.5. The second-order valence-corrected chi connectivity index (χ2v) is 4.80. The fourth-order valence-corrected chi connectivity index (χ4v) is 1.85. The van der Waals surface area contributed by atoms with Crippen LogP contribution in [0.3, 0.4) is 0 Å². The van der Waals surface area contributed by atoms with Crippen molar-refractivity contribution in [2.75, 3.05) is 6.54 Å². The lowest BCUT2D eigenvalue weighted by Gasteiger charge is -2.12. The molecule has 1 aromatic heterocycles. The molecule has 1 aromatic rings. The number of thiazole rings is 1. The molecule has 3 N–H and O–H groups in total. The number of carboxylic acid groups (broad SMARTS) is 1. The maximum atomic E-state index is 11.4. The molecule has 1 heterocycles. The number of carbonyl (C=O) groups excluding carboxylic acids is 2. The van der Waals surface area contributed by atoms with E-state index in [0.717, 1.165) is 0 Å². The van der Waals surface area contributed by atoms with Crippen molar-refractivity contribution in [3.8, 4) is 0 Å². The molecule has 0 bridgehead atoms. The lowest BCUT2D eigenvalue weighted by Crippen LogP contribution is -2.37. The van der Waals surface area contributed by atoms with Gasteiger partial charge in [-0.25, -0.2) is 9.78 Å². The lowest BCUT2D eigenvalue weighted by atomic mass is 9.89. The molecule has 9 nitrogen and oxygen atoms in total. The van der Waals surface area contributed by atoms with Gasteiger partial charge in [-0.15, -0.1) is 11.3 Å². The zero-order chi connectivity index (χ0) is 15.8. The Morgan fingerprint density at radius 1 is 1.67 bits per heavy atom. The van der Waals surface area contributed by atoms with Crippen LogP contribution in [0.2, 0.25) is 0 Å². The van der Waals surface area contributed by atoms with Crippen molar-refractivity contribution in [1.82, 2.24) is 10.3 Å². The quantitative estimate of drug-likeness (QED) is 0.212. The van der Waals surface area contributed by atoms with Gasteiger partial charge in [0.1, 0.15) is 5.69 Å². The predicted octanol–water partition coefficient (Wildman–Crippen LogP) is -1.76. The molecule has 1 atom stereocenters.